The third kappa shape index (κ3) is 5.13. The summed E-state index contributed by atoms with van der Waals surface area (Å²) in [4.78, 5) is 0. The standard InChI is InChI=1S/C24H29BrO6/c25-19-10-7-15(24-23(29)22(28)21(27)20(13-26)31-24)12-16(19)11-14-5-8-18(9-6-14)30-17-3-1-2-4-17/h5-10,12,17,20-24,26-29H,1-4,11,13H2/t20?,21-,22+,23-,24+/m1/s1. The van der Waals surface area contributed by atoms with Crippen LogP contribution in [0.5, 0.6) is 5.75 Å². The summed E-state index contributed by atoms with van der Waals surface area (Å²) >= 11 is 3.59. The molecule has 6 nitrogen and oxygen atoms in total. The Morgan fingerprint density at radius 3 is 2.32 bits per heavy atom. The molecule has 2 aromatic rings. The van der Waals surface area contributed by atoms with Crippen LogP contribution in [0.1, 0.15) is 48.5 Å². The van der Waals surface area contributed by atoms with E-state index in [1.807, 2.05) is 24.3 Å². The van der Waals surface area contributed by atoms with Crippen LogP contribution in [0, 0.1) is 0 Å². The second-order valence-corrected chi connectivity index (χ2v) is 9.30. The van der Waals surface area contributed by atoms with Crippen LogP contribution in [0.25, 0.3) is 0 Å². The van der Waals surface area contributed by atoms with Crippen LogP contribution < -0.4 is 4.74 Å². The number of aliphatic hydroxyl groups is 4. The molecule has 168 valence electrons. The Bertz CT molecular complexity index is 865. The highest BCUT2D eigenvalue weighted by molar-refractivity contribution is 9.10. The summed E-state index contributed by atoms with van der Waals surface area (Å²) in [5.74, 6) is 0.893. The van der Waals surface area contributed by atoms with Gasteiger partial charge in [0.15, 0.2) is 0 Å². The molecular formula is C24H29BrO6. The minimum absolute atomic E-state index is 0.329. The number of rotatable bonds is 6. The maximum absolute atomic E-state index is 10.4. The van der Waals surface area contributed by atoms with Gasteiger partial charge in [0, 0.05) is 4.47 Å². The summed E-state index contributed by atoms with van der Waals surface area (Å²) in [6.45, 7) is -0.444. The summed E-state index contributed by atoms with van der Waals surface area (Å²) in [6, 6.07) is 13.7. The van der Waals surface area contributed by atoms with Crippen LogP contribution in [0.4, 0.5) is 0 Å². The van der Waals surface area contributed by atoms with E-state index >= 15 is 0 Å². The van der Waals surface area contributed by atoms with Crippen molar-refractivity contribution in [3.8, 4) is 5.75 Å². The minimum atomic E-state index is -1.39. The van der Waals surface area contributed by atoms with Crippen LogP contribution in [0.3, 0.4) is 0 Å². The molecule has 2 aliphatic rings. The first-order valence-corrected chi connectivity index (χ1v) is 11.6. The first-order chi connectivity index (χ1) is 15.0. The van der Waals surface area contributed by atoms with Crippen molar-refractivity contribution in [2.45, 2.75) is 68.7 Å². The van der Waals surface area contributed by atoms with E-state index in [-0.39, 0.29) is 0 Å². The average molecular weight is 493 g/mol. The lowest BCUT2D eigenvalue weighted by Crippen LogP contribution is -2.55. The van der Waals surface area contributed by atoms with Crippen molar-refractivity contribution in [3.63, 3.8) is 0 Å². The molecule has 1 unspecified atom stereocenters. The Balaban J connectivity index is 1.49. The van der Waals surface area contributed by atoms with Gasteiger partial charge in [0.25, 0.3) is 0 Å². The molecule has 0 amide bonds. The van der Waals surface area contributed by atoms with Gasteiger partial charge in [-0.1, -0.05) is 40.2 Å². The topological polar surface area (TPSA) is 99.4 Å². The van der Waals surface area contributed by atoms with Gasteiger partial charge in [-0.15, -0.1) is 0 Å². The van der Waals surface area contributed by atoms with Crippen LogP contribution in [-0.4, -0.2) is 57.6 Å². The lowest BCUT2D eigenvalue weighted by atomic mass is 9.90. The van der Waals surface area contributed by atoms with Gasteiger partial charge in [0.1, 0.15) is 36.3 Å². The molecule has 4 rings (SSSR count). The van der Waals surface area contributed by atoms with E-state index in [0.717, 1.165) is 34.2 Å². The Hall–Kier alpha value is -1.48. The zero-order valence-corrected chi connectivity index (χ0v) is 18.8. The monoisotopic (exact) mass is 492 g/mol. The minimum Gasteiger partial charge on any atom is -0.490 e. The molecule has 2 fully saturated rings. The molecule has 7 heteroatoms. The summed E-state index contributed by atoms with van der Waals surface area (Å²) in [7, 11) is 0. The van der Waals surface area contributed by atoms with Gasteiger partial charge in [-0.2, -0.15) is 0 Å². The van der Waals surface area contributed by atoms with Crippen molar-refractivity contribution in [2.75, 3.05) is 6.61 Å². The highest BCUT2D eigenvalue weighted by Crippen LogP contribution is 2.34. The molecule has 1 heterocycles. The predicted molar refractivity (Wildman–Crippen MR) is 119 cm³/mol. The smallest absolute Gasteiger partial charge is 0.119 e. The van der Waals surface area contributed by atoms with Crippen LogP contribution >= 0.6 is 15.9 Å². The molecule has 0 radical (unpaired) electrons. The molecule has 0 aromatic heterocycles. The molecule has 1 aliphatic carbocycles. The highest BCUT2D eigenvalue weighted by atomic mass is 79.9. The Kier molecular flexibility index (Phi) is 7.31. The van der Waals surface area contributed by atoms with E-state index in [1.165, 1.54) is 12.8 Å². The lowest BCUT2D eigenvalue weighted by Gasteiger charge is -2.40. The van der Waals surface area contributed by atoms with Gasteiger partial charge in [0.05, 0.1) is 12.7 Å². The Morgan fingerprint density at radius 1 is 0.935 bits per heavy atom. The molecule has 2 aromatic carbocycles. The normalized spacial score (nSPS) is 29.3. The maximum atomic E-state index is 10.4. The largest absolute Gasteiger partial charge is 0.490 e. The number of ether oxygens (including phenoxy) is 2. The van der Waals surface area contributed by atoms with E-state index in [2.05, 4.69) is 28.1 Å². The van der Waals surface area contributed by atoms with Crippen molar-refractivity contribution in [3.05, 3.63) is 63.6 Å². The third-order valence-corrected chi connectivity index (χ3v) is 6.99. The number of hydrogen-bond acceptors (Lipinski definition) is 6. The van der Waals surface area contributed by atoms with E-state index < -0.39 is 37.1 Å². The summed E-state index contributed by atoms with van der Waals surface area (Å²) in [5, 5.41) is 40.0. The summed E-state index contributed by atoms with van der Waals surface area (Å²) in [6.07, 6.45) is -0.106. The molecule has 0 spiro atoms. The van der Waals surface area contributed by atoms with Crippen molar-refractivity contribution in [2.24, 2.45) is 0 Å². The molecule has 31 heavy (non-hydrogen) atoms. The lowest BCUT2D eigenvalue weighted by molar-refractivity contribution is -0.231. The molecule has 1 aliphatic heterocycles. The Morgan fingerprint density at radius 2 is 1.65 bits per heavy atom. The first kappa shape index (κ1) is 22.7. The SMILES string of the molecule is OCC1O[C@@H](c2ccc(Br)c(Cc3ccc(OC4CCCC4)cc3)c2)[C@H](O)[C@@H](O)[C@@H]1O. The van der Waals surface area contributed by atoms with Crippen molar-refractivity contribution < 1.29 is 29.9 Å². The van der Waals surface area contributed by atoms with Gasteiger partial charge in [-0.05, 0) is 67.0 Å². The van der Waals surface area contributed by atoms with E-state index in [4.69, 9.17) is 9.47 Å². The molecular weight excluding hydrogens is 464 g/mol. The average Bonchev–Trinajstić information content (AvgIpc) is 3.28. The fraction of sp³-hybridized carbons (Fsp3) is 0.500. The second-order valence-electron chi connectivity index (χ2n) is 8.45. The molecule has 1 saturated carbocycles. The van der Waals surface area contributed by atoms with E-state index in [1.54, 1.807) is 6.07 Å². The quantitative estimate of drug-likeness (QED) is 0.494. The van der Waals surface area contributed by atoms with Crippen molar-refractivity contribution in [1.29, 1.82) is 0 Å². The number of hydrogen-bond donors (Lipinski definition) is 4. The van der Waals surface area contributed by atoms with Gasteiger partial charge < -0.3 is 29.9 Å². The number of halogens is 1. The van der Waals surface area contributed by atoms with Crippen LogP contribution in [0.15, 0.2) is 46.9 Å². The zero-order chi connectivity index (χ0) is 22.0. The second kappa shape index (κ2) is 9.98. The first-order valence-electron chi connectivity index (χ1n) is 10.8. The molecule has 0 bridgehead atoms. The van der Waals surface area contributed by atoms with Gasteiger partial charge in [0.2, 0.25) is 0 Å². The van der Waals surface area contributed by atoms with Crippen molar-refractivity contribution >= 4 is 15.9 Å². The molecule has 5 atom stereocenters. The molecule has 1 saturated heterocycles. The summed E-state index contributed by atoms with van der Waals surface area (Å²) < 4.78 is 12.7. The number of benzene rings is 2. The van der Waals surface area contributed by atoms with Crippen LogP contribution in [0.2, 0.25) is 0 Å². The van der Waals surface area contributed by atoms with E-state index in [0.29, 0.717) is 18.1 Å². The number of aliphatic hydroxyl groups excluding tert-OH is 4. The fourth-order valence-electron chi connectivity index (χ4n) is 4.39. The van der Waals surface area contributed by atoms with Crippen LogP contribution in [-0.2, 0) is 11.2 Å². The Labute approximate surface area is 190 Å². The van der Waals surface area contributed by atoms with Crippen molar-refractivity contribution in [1.82, 2.24) is 0 Å². The zero-order valence-electron chi connectivity index (χ0n) is 17.2. The van der Waals surface area contributed by atoms with Gasteiger partial charge in [-0.3, -0.25) is 0 Å². The third-order valence-electron chi connectivity index (χ3n) is 6.21. The fourth-order valence-corrected chi connectivity index (χ4v) is 4.78. The maximum Gasteiger partial charge on any atom is 0.119 e. The summed E-state index contributed by atoms with van der Waals surface area (Å²) in [5.41, 5.74) is 2.79. The highest BCUT2D eigenvalue weighted by Gasteiger charge is 2.44. The van der Waals surface area contributed by atoms with Gasteiger partial charge >= 0.3 is 0 Å². The predicted octanol–water partition coefficient (Wildman–Crippen LogP) is 2.88. The molecule has 4 N–H and O–H groups in total. The van der Waals surface area contributed by atoms with Gasteiger partial charge in [-0.25, -0.2) is 0 Å². The van der Waals surface area contributed by atoms with E-state index in [9.17, 15) is 20.4 Å².